The molecule has 0 amide bonds. The Hall–Kier alpha value is -3.58. The monoisotopic (exact) mass is 421 g/mol. The molecule has 3 aromatic rings. The van der Waals surface area contributed by atoms with Crippen LogP contribution in [0.5, 0.6) is 11.6 Å². The van der Waals surface area contributed by atoms with Gasteiger partial charge >= 0.3 is 12.5 Å². The molecule has 8 nitrogen and oxygen atoms in total. The largest absolute Gasteiger partial charge is 0.574 e. The van der Waals surface area contributed by atoms with Crippen molar-refractivity contribution in [3.63, 3.8) is 0 Å². The fourth-order valence-electron chi connectivity index (χ4n) is 2.11. The Balaban J connectivity index is 1.85. The van der Waals surface area contributed by atoms with Crippen molar-refractivity contribution in [2.45, 2.75) is 12.5 Å². The average Bonchev–Trinajstić information content (AvgIpc) is 3.26. The minimum absolute atomic E-state index is 0.0213. The second-order valence-corrected chi connectivity index (χ2v) is 5.31. The van der Waals surface area contributed by atoms with E-state index in [2.05, 4.69) is 29.8 Å². The molecular weight excluding hydrogens is 412 g/mol. The van der Waals surface area contributed by atoms with Gasteiger partial charge in [0.25, 0.3) is 5.88 Å². The molecule has 2 aromatic heterocycles. The lowest BCUT2D eigenvalue weighted by atomic mass is 10.1. The van der Waals surface area contributed by atoms with Crippen molar-refractivity contribution in [2.24, 2.45) is 0 Å². The molecule has 0 N–H and O–H groups in total. The van der Waals surface area contributed by atoms with E-state index in [1.807, 2.05) is 0 Å². The number of ether oxygens (including phenoxy) is 2. The molecule has 0 saturated heterocycles. The highest BCUT2D eigenvalue weighted by Crippen LogP contribution is 2.34. The van der Waals surface area contributed by atoms with Crippen molar-refractivity contribution in [3.8, 4) is 23.0 Å². The average molecular weight is 421 g/mol. The minimum atomic E-state index is -5.00. The van der Waals surface area contributed by atoms with Crippen molar-refractivity contribution in [1.82, 2.24) is 25.1 Å². The summed E-state index contributed by atoms with van der Waals surface area (Å²) in [4.78, 5) is 3.87. The lowest BCUT2D eigenvalue weighted by molar-refractivity contribution is -0.276. The second-order valence-electron chi connectivity index (χ2n) is 5.31. The number of aromatic nitrogens is 5. The third-order valence-corrected chi connectivity index (χ3v) is 3.32. The molecule has 29 heavy (non-hydrogen) atoms. The van der Waals surface area contributed by atoms with Gasteiger partial charge in [0.15, 0.2) is 11.5 Å². The Morgan fingerprint density at radius 2 is 1.83 bits per heavy atom. The van der Waals surface area contributed by atoms with Gasteiger partial charge in [-0.2, -0.15) is 13.2 Å². The molecule has 1 aromatic carbocycles. The fourth-order valence-corrected chi connectivity index (χ4v) is 2.11. The molecule has 0 fully saturated rings. The summed E-state index contributed by atoms with van der Waals surface area (Å²) in [6.07, 6.45) is -6.33. The van der Waals surface area contributed by atoms with Crippen LogP contribution in [0.3, 0.4) is 0 Å². The summed E-state index contributed by atoms with van der Waals surface area (Å²) in [5.41, 5.74) is -1.32. The van der Waals surface area contributed by atoms with E-state index in [4.69, 9.17) is 4.74 Å². The van der Waals surface area contributed by atoms with Crippen LogP contribution in [-0.2, 0) is 6.18 Å². The van der Waals surface area contributed by atoms with E-state index >= 15 is 0 Å². The maximum atomic E-state index is 13.0. The molecular formula is C15H9F6N5O3. The first kappa shape index (κ1) is 20.2. The first-order valence-corrected chi connectivity index (χ1v) is 7.49. The molecule has 0 radical (unpaired) electrons. The van der Waals surface area contributed by atoms with E-state index < -0.39 is 24.0 Å². The summed E-state index contributed by atoms with van der Waals surface area (Å²) in [5.74, 6) is -1.05. The summed E-state index contributed by atoms with van der Waals surface area (Å²) in [7, 11) is 1.21. The van der Waals surface area contributed by atoms with Crippen molar-refractivity contribution in [1.29, 1.82) is 0 Å². The van der Waals surface area contributed by atoms with E-state index in [0.29, 0.717) is 0 Å². The third kappa shape index (κ3) is 5.03. The topological polar surface area (TPSA) is 88.1 Å². The molecule has 3 rings (SSSR count). The van der Waals surface area contributed by atoms with Gasteiger partial charge < -0.3 is 9.47 Å². The SMILES string of the molecule is COc1cc(-c2ncn(/C=C\c3nonc3OC(F)(F)F)n2)cc(C(F)(F)F)c1. The van der Waals surface area contributed by atoms with E-state index in [-0.39, 0.29) is 22.8 Å². The van der Waals surface area contributed by atoms with Crippen LogP contribution in [0.15, 0.2) is 29.2 Å². The van der Waals surface area contributed by atoms with E-state index in [0.717, 1.165) is 35.4 Å². The van der Waals surface area contributed by atoms with Crippen molar-refractivity contribution < 1.29 is 40.4 Å². The predicted molar refractivity (Wildman–Crippen MR) is 83.2 cm³/mol. The van der Waals surface area contributed by atoms with Crippen molar-refractivity contribution >= 4 is 12.3 Å². The number of hydrogen-bond acceptors (Lipinski definition) is 7. The van der Waals surface area contributed by atoms with Crippen LogP contribution in [0, 0.1) is 0 Å². The molecule has 0 aliphatic heterocycles. The Morgan fingerprint density at radius 3 is 2.48 bits per heavy atom. The first-order chi connectivity index (χ1) is 13.5. The van der Waals surface area contributed by atoms with Crippen LogP contribution in [0.1, 0.15) is 11.3 Å². The normalized spacial score (nSPS) is 12.5. The standard InChI is InChI=1S/C15H9F6N5O3/c1-27-10-5-8(4-9(6-10)14(16,17)18)12-22-7-26(23-12)3-2-11-13(25-29-24-11)28-15(19,20)21/h2-7H,1H3/b3-2-. The van der Waals surface area contributed by atoms with Gasteiger partial charge in [-0.25, -0.2) is 14.3 Å². The predicted octanol–water partition coefficient (Wildman–Crippen LogP) is 3.88. The van der Waals surface area contributed by atoms with Crippen LogP contribution in [0.2, 0.25) is 0 Å². The molecule has 0 aliphatic carbocycles. The molecule has 14 heteroatoms. The lowest BCUT2D eigenvalue weighted by Gasteiger charge is -2.10. The molecule has 154 valence electrons. The quantitative estimate of drug-likeness (QED) is 0.578. The van der Waals surface area contributed by atoms with Gasteiger partial charge in [0.2, 0.25) is 0 Å². The van der Waals surface area contributed by atoms with Gasteiger partial charge in [-0.1, -0.05) is 0 Å². The van der Waals surface area contributed by atoms with Crippen molar-refractivity contribution in [3.05, 3.63) is 35.8 Å². The molecule has 2 heterocycles. The molecule has 0 saturated carbocycles. The van der Waals surface area contributed by atoms with E-state index in [1.165, 1.54) is 13.2 Å². The first-order valence-electron chi connectivity index (χ1n) is 7.49. The number of methoxy groups -OCH3 is 1. The van der Waals surface area contributed by atoms with E-state index in [9.17, 15) is 26.3 Å². The molecule has 0 atom stereocenters. The van der Waals surface area contributed by atoms with Gasteiger partial charge in [-0.3, -0.25) is 0 Å². The number of halogens is 6. The molecule has 0 bridgehead atoms. The van der Waals surface area contributed by atoms with Gasteiger partial charge in [-0.15, -0.1) is 18.3 Å². The summed E-state index contributed by atoms with van der Waals surface area (Å²) in [6.45, 7) is 0. The highest BCUT2D eigenvalue weighted by molar-refractivity contribution is 5.62. The summed E-state index contributed by atoms with van der Waals surface area (Å²) in [6, 6.07) is 2.96. The van der Waals surface area contributed by atoms with Crippen LogP contribution in [0.25, 0.3) is 23.7 Å². The molecule has 0 aliphatic rings. The summed E-state index contributed by atoms with van der Waals surface area (Å²) >= 11 is 0. The maximum Gasteiger partial charge on any atom is 0.574 e. The Labute approximate surface area is 157 Å². The fraction of sp³-hybridized carbons (Fsp3) is 0.200. The number of alkyl halides is 6. The smallest absolute Gasteiger partial charge is 0.497 e. The third-order valence-electron chi connectivity index (χ3n) is 3.32. The van der Waals surface area contributed by atoms with Crippen molar-refractivity contribution in [2.75, 3.05) is 7.11 Å². The Kier molecular flexibility index (Phi) is 5.18. The van der Waals surface area contributed by atoms with Gasteiger partial charge in [-0.05, 0) is 34.6 Å². The zero-order valence-corrected chi connectivity index (χ0v) is 14.2. The zero-order valence-electron chi connectivity index (χ0n) is 14.2. The summed E-state index contributed by atoms with van der Waals surface area (Å²) < 4.78 is 89.5. The number of nitrogens with zero attached hydrogens (tertiary/aromatic N) is 5. The van der Waals surface area contributed by atoms with Gasteiger partial charge in [0.05, 0.1) is 12.7 Å². The molecule has 0 spiro atoms. The lowest BCUT2D eigenvalue weighted by Crippen LogP contribution is -2.17. The van der Waals surface area contributed by atoms with Crippen LogP contribution < -0.4 is 9.47 Å². The molecule has 0 unspecified atom stereocenters. The van der Waals surface area contributed by atoms with Gasteiger partial charge in [0, 0.05) is 11.8 Å². The number of rotatable bonds is 5. The maximum absolute atomic E-state index is 13.0. The highest BCUT2D eigenvalue weighted by Gasteiger charge is 2.34. The Morgan fingerprint density at radius 1 is 1.07 bits per heavy atom. The number of hydrogen-bond donors (Lipinski definition) is 0. The second kappa shape index (κ2) is 7.44. The number of benzene rings is 1. The van der Waals surface area contributed by atoms with E-state index in [1.54, 1.807) is 0 Å². The summed E-state index contributed by atoms with van der Waals surface area (Å²) in [5, 5.41) is 10.2. The van der Waals surface area contributed by atoms with Gasteiger partial charge in [0.1, 0.15) is 12.1 Å². The van der Waals surface area contributed by atoms with Crippen LogP contribution >= 0.6 is 0 Å². The van der Waals surface area contributed by atoms with Crippen LogP contribution in [-0.4, -0.2) is 38.5 Å². The zero-order chi connectivity index (χ0) is 21.2. The minimum Gasteiger partial charge on any atom is -0.497 e. The highest BCUT2D eigenvalue weighted by atomic mass is 19.4. The van der Waals surface area contributed by atoms with Crippen LogP contribution in [0.4, 0.5) is 26.3 Å². The Bertz CT molecular complexity index is 1020.